The van der Waals surface area contributed by atoms with Crippen molar-refractivity contribution in [2.75, 3.05) is 6.61 Å². The van der Waals surface area contributed by atoms with E-state index < -0.39 is 11.9 Å². The number of aliphatic carboxylic acids is 1. The van der Waals surface area contributed by atoms with Crippen LogP contribution in [0.1, 0.15) is 29.0 Å². The van der Waals surface area contributed by atoms with Crippen LogP contribution in [0.25, 0.3) is 0 Å². The van der Waals surface area contributed by atoms with E-state index in [0.29, 0.717) is 12.2 Å². The number of carboxylic acids is 1. The van der Waals surface area contributed by atoms with Gasteiger partial charge in [-0.15, -0.1) is 0 Å². The van der Waals surface area contributed by atoms with Gasteiger partial charge in [0.15, 0.2) is 0 Å². The molecule has 1 unspecified atom stereocenters. The van der Waals surface area contributed by atoms with E-state index in [1.807, 2.05) is 32.0 Å². The van der Waals surface area contributed by atoms with Gasteiger partial charge in [-0.2, -0.15) is 0 Å². The summed E-state index contributed by atoms with van der Waals surface area (Å²) in [5.41, 5.74) is 2.77. The quantitative estimate of drug-likeness (QED) is 0.874. The SMILES string of the molecule is Cc1ccc(C)c(C(CCOc2cccc(F)c2)C(=O)O)c1. The van der Waals surface area contributed by atoms with Gasteiger partial charge in [0, 0.05) is 6.07 Å². The van der Waals surface area contributed by atoms with Crippen LogP contribution in [-0.2, 0) is 4.79 Å². The fraction of sp³-hybridized carbons (Fsp3) is 0.278. The van der Waals surface area contributed by atoms with Crippen molar-refractivity contribution in [1.82, 2.24) is 0 Å². The van der Waals surface area contributed by atoms with Crippen molar-refractivity contribution >= 4 is 5.97 Å². The van der Waals surface area contributed by atoms with Crippen molar-refractivity contribution < 1.29 is 19.0 Å². The number of halogens is 1. The van der Waals surface area contributed by atoms with Gasteiger partial charge < -0.3 is 9.84 Å². The average molecular weight is 302 g/mol. The normalized spacial score (nSPS) is 12.0. The minimum absolute atomic E-state index is 0.216. The van der Waals surface area contributed by atoms with E-state index in [2.05, 4.69) is 0 Å². The lowest BCUT2D eigenvalue weighted by molar-refractivity contribution is -0.139. The molecule has 2 aromatic rings. The first-order chi connectivity index (χ1) is 10.5. The predicted octanol–water partition coefficient (Wildman–Crippen LogP) is 4.08. The van der Waals surface area contributed by atoms with Crippen molar-refractivity contribution in [1.29, 1.82) is 0 Å². The number of aryl methyl sites for hydroxylation is 2. The molecule has 0 aliphatic carbocycles. The molecule has 0 heterocycles. The van der Waals surface area contributed by atoms with Crippen LogP contribution in [0.3, 0.4) is 0 Å². The highest BCUT2D eigenvalue weighted by Crippen LogP contribution is 2.25. The van der Waals surface area contributed by atoms with Gasteiger partial charge >= 0.3 is 5.97 Å². The van der Waals surface area contributed by atoms with Crippen LogP contribution in [0, 0.1) is 19.7 Å². The number of carbonyl (C=O) groups is 1. The Hall–Kier alpha value is -2.36. The molecule has 1 atom stereocenters. The summed E-state index contributed by atoms with van der Waals surface area (Å²) in [5.74, 6) is -1.48. The molecule has 0 saturated carbocycles. The Bertz CT molecular complexity index is 667. The molecule has 0 aliphatic rings. The van der Waals surface area contributed by atoms with Gasteiger partial charge in [-0.1, -0.05) is 29.8 Å². The lowest BCUT2D eigenvalue weighted by atomic mass is 9.91. The Labute approximate surface area is 129 Å². The summed E-state index contributed by atoms with van der Waals surface area (Å²) in [6, 6.07) is 11.6. The number of hydrogen-bond acceptors (Lipinski definition) is 2. The van der Waals surface area contributed by atoms with E-state index in [1.165, 1.54) is 12.1 Å². The predicted molar refractivity (Wildman–Crippen MR) is 82.8 cm³/mol. The Morgan fingerprint density at radius 1 is 1.23 bits per heavy atom. The average Bonchev–Trinajstić information content (AvgIpc) is 2.46. The van der Waals surface area contributed by atoms with Gasteiger partial charge in [0.25, 0.3) is 0 Å². The minimum atomic E-state index is -0.878. The lowest BCUT2D eigenvalue weighted by Gasteiger charge is -2.16. The van der Waals surface area contributed by atoms with Gasteiger partial charge in [-0.05, 0) is 43.5 Å². The van der Waals surface area contributed by atoms with Crippen molar-refractivity contribution in [2.45, 2.75) is 26.2 Å². The molecule has 3 nitrogen and oxygen atoms in total. The largest absolute Gasteiger partial charge is 0.493 e. The molecule has 0 bridgehead atoms. The number of hydrogen-bond donors (Lipinski definition) is 1. The zero-order valence-electron chi connectivity index (χ0n) is 12.7. The van der Waals surface area contributed by atoms with Gasteiger partial charge in [0.1, 0.15) is 11.6 Å². The van der Waals surface area contributed by atoms with E-state index in [9.17, 15) is 14.3 Å². The highest BCUT2D eigenvalue weighted by Gasteiger charge is 2.21. The van der Waals surface area contributed by atoms with Crippen LogP contribution in [-0.4, -0.2) is 17.7 Å². The third-order valence-corrected chi connectivity index (χ3v) is 3.58. The number of ether oxygens (including phenoxy) is 1. The van der Waals surface area contributed by atoms with E-state index in [0.717, 1.165) is 16.7 Å². The fourth-order valence-corrected chi connectivity index (χ4v) is 2.40. The lowest BCUT2D eigenvalue weighted by Crippen LogP contribution is -2.16. The number of benzene rings is 2. The molecular formula is C18H19FO3. The minimum Gasteiger partial charge on any atom is -0.493 e. The molecule has 4 heteroatoms. The molecule has 2 rings (SSSR count). The summed E-state index contributed by atoms with van der Waals surface area (Å²) >= 11 is 0. The first-order valence-electron chi connectivity index (χ1n) is 7.15. The second kappa shape index (κ2) is 7.07. The van der Waals surface area contributed by atoms with Crippen LogP contribution >= 0.6 is 0 Å². The molecule has 0 spiro atoms. The molecule has 116 valence electrons. The highest BCUT2D eigenvalue weighted by atomic mass is 19.1. The maximum absolute atomic E-state index is 13.1. The summed E-state index contributed by atoms with van der Waals surface area (Å²) < 4.78 is 18.5. The first-order valence-corrected chi connectivity index (χ1v) is 7.15. The molecule has 0 radical (unpaired) electrons. The molecule has 0 saturated heterocycles. The summed E-state index contributed by atoms with van der Waals surface area (Å²) in [5, 5.41) is 9.47. The molecule has 22 heavy (non-hydrogen) atoms. The molecule has 0 amide bonds. The van der Waals surface area contributed by atoms with Gasteiger partial charge in [-0.25, -0.2) is 4.39 Å². The maximum atomic E-state index is 13.1. The van der Waals surface area contributed by atoms with Crippen molar-refractivity contribution in [3.05, 3.63) is 65.0 Å². The van der Waals surface area contributed by atoms with E-state index in [-0.39, 0.29) is 12.4 Å². The Morgan fingerprint density at radius 3 is 2.68 bits per heavy atom. The first kappa shape index (κ1) is 16.0. The third-order valence-electron chi connectivity index (χ3n) is 3.58. The maximum Gasteiger partial charge on any atom is 0.311 e. The van der Waals surface area contributed by atoms with Gasteiger partial charge in [-0.3, -0.25) is 4.79 Å². The second-order valence-electron chi connectivity index (χ2n) is 5.35. The summed E-state index contributed by atoms with van der Waals surface area (Å²) in [6.07, 6.45) is 0.330. The summed E-state index contributed by atoms with van der Waals surface area (Å²) in [4.78, 5) is 11.5. The Balaban J connectivity index is 2.06. The molecule has 0 aromatic heterocycles. The van der Waals surface area contributed by atoms with Gasteiger partial charge in [0.2, 0.25) is 0 Å². The van der Waals surface area contributed by atoms with Crippen LogP contribution in [0.15, 0.2) is 42.5 Å². The monoisotopic (exact) mass is 302 g/mol. The smallest absolute Gasteiger partial charge is 0.311 e. The zero-order valence-corrected chi connectivity index (χ0v) is 12.7. The van der Waals surface area contributed by atoms with E-state index >= 15 is 0 Å². The van der Waals surface area contributed by atoms with Crippen LogP contribution in [0.5, 0.6) is 5.75 Å². The van der Waals surface area contributed by atoms with Crippen LogP contribution in [0.2, 0.25) is 0 Å². The van der Waals surface area contributed by atoms with Crippen LogP contribution in [0.4, 0.5) is 4.39 Å². The summed E-state index contributed by atoms with van der Waals surface area (Å²) in [6.45, 7) is 4.05. The van der Waals surface area contributed by atoms with E-state index in [4.69, 9.17) is 4.74 Å². The third kappa shape index (κ3) is 4.07. The molecule has 2 aromatic carbocycles. The topological polar surface area (TPSA) is 46.5 Å². The highest BCUT2D eigenvalue weighted by molar-refractivity contribution is 5.76. The van der Waals surface area contributed by atoms with Crippen molar-refractivity contribution in [3.63, 3.8) is 0 Å². The van der Waals surface area contributed by atoms with Crippen LogP contribution < -0.4 is 4.74 Å². The molecule has 0 fully saturated rings. The van der Waals surface area contributed by atoms with Crippen molar-refractivity contribution in [3.8, 4) is 5.75 Å². The zero-order chi connectivity index (χ0) is 16.1. The molecule has 1 N–H and O–H groups in total. The van der Waals surface area contributed by atoms with E-state index in [1.54, 1.807) is 12.1 Å². The number of rotatable bonds is 6. The second-order valence-corrected chi connectivity index (χ2v) is 5.35. The fourth-order valence-electron chi connectivity index (χ4n) is 2.40. The Morgan fingerprint density at radius 2 is 2.00 bits per heavy atom. The summed E-state index contributed by atoms with van der Waals surface area (Å²) in [7, 11) is 0. The Kier molecular flexibility index (Phi) is 5.15. The molecule has 0 aliphatic heterocycles. The number of carboxylic acid groups (broad SMARTS) is 1. The molecular weight excluding hydrogens is 283 g/mol. The standard InChI is InChI=1S/C18H19FO3/c1-12-6-7-13(2)17(10-12)16(18(20)21)8-9-22-15-5-3-4-14(19)11-15/h3-7,10-11,16H,8-9H2,1-2H3,(H,20,21). The van der Waals surface area contributed by atoms with Gasteiger partial charge in [0.05, 0.1) is 12.5 Å². The van der Waals surface area contributed by atoms with Crippen molar-refractivity contribution in [2.24, 2.45) is 0 Å².